The summed E-state index contributed by atoms with van der Waals surface area (Å²) in [6.07, 6.45) is 0. The molecule has 0 bridgehead atoms. The number of halogens is 2. The number of nitrogens with two attached hydrogens (primary N) is 2. The van der Waals surface area contributed by atoms with Crippen molar-refractivity contribution in [3.05, 3.63) is 63.9 Å². The lowest BCUT2D eigenvalue weighted by Crippen LogP contribution is -2.29. The van der Waals surface area contributed by atoms with Crippen LogP contribution in [0.1, 0.15) is 22.7 Å². The summed E-state index contributed by atoms with van der Waals surface area (Å²) in [5.41, 5.74) is 11.4. The van der Waals surface area contributed by atoms with Gasteiger partial charge >= 0.3 is 0 Å². The van der Waals surface area contributed by atoms with Gasteiger partial charge in [-0.15, -0.1) is 0 Å². The van der Waals surface area contributed by atoms with E-state index in [1.165, 1.54) is 12.1 Å². The number of nitrogens with one attached hydrogen (secondary N) is 1. The third-order valence-corrected chi connectivity index (χ3v) is 3.16. The van der Waals surface area contributed by atoms with Crippen LogP contribution in [-0.2, 0) is 0 Å². The number of hydrogen-bond acceptors (Lipinski definition) is 3. The van der Waals surface area contributed by atoms with E-state index in [-0.39, 0.29) is 11.9 Å². The van der Waals surface area contributed by atoms with E-state index in [1.807, 2.05) is 13.0 Å². The lowest BCUT2D eigenvalue weighted by atomic mass is 9.96. The van der Waals surface area contributed by atoms with Crippen molar-refractivity contribution in [1.29, 1.82) is 0 Å². The lowest BCUT2D eigenvalue weighted by Gasteiger charge is -2.19. The van der Waals surface area contributed by atoms with Crippen LogP contribution in [0.25, 0.3) is 0 Å². The molecule has 0 aliphatic carbocycles. The molecule has 2 aromatic carbocycles. The molecule has 3 nitrogen and oxygen atoms in total. The van der Waals surface area contributed by atoms with Crippen LogP contribution in [0, 0.1) is 12.7 Å². The van der Waals surface area contributed by atoms with Crippen LogP contribution in [0.4, 0.5) is 10.1 Å². The second-order valence-electron chi connectivity index (χ2n) is 4.43. The minimum atomic E-state index is -0.383. The van der Waals surface area contributed by atoms with Crippen LogP contribution in [-0.4, -0.2) is 0 Å². The molecule has 100 valence electrons. The quantitative estimate of drug-likeness (QED) is 0.460. The van der Waals surface area contributed by atoms with Crippen molar-refractivity contribution >= 4 is 17.3 Å². The Kier molecular flexibility index (Phi) is 4.04. The third-order valence-electron chi connectivity index (χ3n) is 2.92. The van der Waals surface area contributed by atoms with Crippen molar-refractivity contribution in [2.24, 2.45) is 5.84 Å². The summed E-state index contributed by atoms with van der Waals surface area (Å²) in [6, 6.07) is 9.53. The van der Waals surface area contributed by atoms with Gasteiger partial charge in [0.2, 0.25) is 0 Å². The second-order valence-corrected chi connectivity index (χ2v) is 4.87. The van der Waals surface area contributed by atoms with Crippen LogP contribution in [0.3, 0.4) is 0 Å². The van der Waals surface area contributed by atoms with E-state index >= 15 is 0 Å². The number of hydrogen-bond donors (Lipinski definition) is 3. The van der Waals surface area contributed by atoms with Gasteiger partial charge in [-0.05, 0) is 47.9 Å². The van der Waals surface area contributed by atoms with E-state index in [4.69, 9.17) is 23.2 Å². The van der Waals surface area contributed by atoms with Crippen molar-refractivity contribution in [2.45, 2.75) is 13.0 Å². The molecule has 5 heteroatoms. The fourth-order valence-corrected chi connectivity index (χ4v) is 2.29. The molecular weight excluding hydrogens is 265 g/mol. The molecule has 0 aliphatic heterocycles. The number of nitrogen functional groups attached to an aromatic ring is 1. The number of hydrazine groups is 1. The average Bonchev–Trinajstić information content (AvgIpc) is 2.31. The molecule has 0 saturated heterocycles. The SMILES string of the molecule is Cc1cc(F)cc(C(NN)c2ccc(Cl)cc2N)c1. The topological polar surface area (TPSA) is 64.1 Å². The molecule has 0 fully saturated rings. The summed E-state index contributed by atoms with van der Waals surface area (Å²) in [5, 5.41) is 0.549. The van der Waals surface area contributed by atoms with Gasteiger partial charge in [0, 0.05) is 10.7 Å². The van der Waals surface area contributed by atoms with Crippen LogP contribution < -0.4 is 17.0 Å². The fraction of sp³-hybridized carbons (Fsp3) is 0.143. The molecule has 0 aliphatic rings. The normalized spacial score (nSPS) is 12.4. The largest absolute Gasteiger partial charge is 0.398 e. The zero-order valence-electron chi connectivity index (χ0n) is 10.5. The number of aryl methyl sites for hydroxylation is 1. The number of benzene rings is 2. The average molecular weight is 280 g/mol. The molecule has 0 aromatic heterocycles. The van der Waals surface area contributed by atoms with Gasteiger partial charge in [0.15, 0.2) is 0 Å². The van der Waals surface area contributed by atoms with Crippen LogP contribution in [0.2, 0.25) is 5.02 Å². The van der Waals surface area contributed by atoms with E-state index in [2.05, 4.69) is 5.43 Å². The molecule has 2 rings (SSSR count). The van der Waals surface area contributed by atoms with Crippen molar-refractivity contribution in [2.75, 3.05) is 5.73 Å². The molecule has 5 N–H and O–H groups in total. The highest BCUT2D eigenvalue weighted by Gasteiger charge is 2.16. The molecule has 0 saturated carbocycles. The van der Waals surface area contributed by atoms with Gasteiger partial charge < -0.3 is 5.73 Å². The monoisotopic (exact) mass is 279 g/mol. The first-order chi connectivity index (χ1) is 9.01. The summed E-state index contributed by atoms with van der Waals surface area (Å²) in [5.74, 6) is 5.28. The Bertz CT molecular complexity index is 581. The summed E-state index contributed by atoms with van der Waals surface area (Å²) in [6.45, 7) is 1.82. The molecule has 0 spiro atoms. The van der Waals surface area contributed by atoms with E-state index < -0.39 is 0 Å². The first-order valence-electron chi connectivity index (χ1n) is 5.79. The molecule has 0 heterocycles. The molecule has 0 radical (unpaired) electrons. The highest BCUT2D eigenvalue weighted by atomic mass is 35.5. The van der Waals surface area contributed by atoms with Gasteiger partial charge in [-0.1, -0.05) is 23.7 Å². The van der Waals surface area contributed by atoms with Gasteiger partial charge in [-0.3, -0.25) is 5.84 Å². The molecule has 0 amide bonds. The van der Waals surface area contributed by atoms with Crippen LogP contribution in [0.15, 0.2) is 36.4 Å². The van der Waals surface area contributed by atoms with E-state index in [1.54, 1.807) is 18.2 Å². The van der Waals surface area contributed by atoms with Gasteiger partial charge in [0.1, 0.15) is 5.82 Å². The summed E-state index contributed by atoms with van der Waals surface area (Å²) in [7, 11) is 0. The first-order valence-corrected chi connectivity index (χ1v) is 6.17. The molecule has 2 aromatic rings. The minimum absolute atomic E-state index is 0.303. The van der Waals surface area contributed by atoms with Crippen molar-refractivity contribution in [3.8, 4) is 0 Å². The zero-order valence-corrected chi connectivity index (χ0v) is 11.2. The Morgan fingerprint density at radius 3 is 2.53 bits per heavy atom. The fourth-order valence-electron chi connectivity index (χ4n) is 2.11. The number of rotatable bonds is 3. The highest BCUT2D eigenvalue weighted by Crippen LogP contribution is 2.29. The van der Waals surface area contributed by atoms with Crippen molar-refractivity contribution in [3.63, 3.8) is 0 Å². The molecule has 19 heavy (non-hydrogen) atoms. The highest BCUT2D eigenvalue weighted by molar-refractivity contribution is 6.30. The van der Waals surface area contributed by atoms with Crippen molar-refractivity contribution < 1.29 is 4.39 Å². The second kappa shape index (κ2) is 5.57. The predicted octanol–water partition coefficient (Wildman–Crippen LogP) is 2.92. The summed E-state index contributed by atoms with van der Waals surface area (Å²) in [4.78, 5) is 0. The predicted molar refractivity (Wildman–Crippen MR) is 76.2 cm³/mol. The maximum atomic E-state index is 13.5. The summed E-state index contributed by atoms with van der Waals surface area (Å²) >= 11 is 5.87. The number of anilines is 1. The van der Waals surface area contributed by atoms with Gasteiger partial charge in [0.25, 0.3) is 0 Å². The Hall–Kier alpha value is -1.62. The minimum Gasteiger partial charge on any atom is -0.398 e. The molecular formula is C14H15ClFN3. The lowest BCUT2D eigenvalue weighted by molar-refractivity contribution is 0.604. The van der Waals surface area contributed by atoms with E-state index in [0.29, 0.717) is 16.3 Å². The first kappa shape index (κ1) is 13.8. The van der Waals surface area contributed by atoms with Crippen molar-refractivity contribution in [1.82, 2.24) is 5.43 Å². The molecule has 1 unspecified atom stereocenters. The van der Waals surface area contributed by atoms with E-state index in [0.717, 1.165) is 11.1 Å². The van der Waals surface area contributed by atoms with Gasteiger partial charge in [-0.25, -0.2) is 9.82 Å². The Morgan fingerprint density at radius 2 is 1.95 bits per heavy atom. The maximum Gasteiger partial charge on any atom is 0.123 e. The molecule has 1 atom stereocenters. The Balaban J connectivity index is 2.49. The standard InChI is InChI=1S/C14H15ClFN3/c1-8-4-9(6-11(16)5-8)14(19-18)12-3-2-10(15)7-13(12)17/h2-7,14,19H,17-18H2,1H3. The summed E-state index contributed by atoms with van der Waals surface area (Å²) < 4.78 is 13.5. The third kappa shape index (κ3) is 3.04. The van der Waals surface area contributed by atoms with Crippen LogP contribution >= 0.6 is 11.6 Å². The van der Waals surface area contributed by atoms with Gasteiger partial charge in [-0.2, -0.15) is 0 Å². The maximum absolute atomic E-state index is 13.5. The Morgan fingerprint density at radius 1 is 1.21 bits per heavy atom. The smallest absolute Gasteiger partial charge is 0.123 e. The zero-order chi connectivity index (χ0) is 14.0. The van der Waals surface area contributed by atoms with Crippen LogP contribution in [0.5, 0.6) is 0 Å². The Labute approximate surface area is 116 Å². The van der Waals surface area contributed by atoms with E-state index in [9.17, 15) is 4.39 Å². The van der Waals surface area contributed by atoms with Gasteiger partial charge in [0.05, 0.1) is 6.04 Å².